The van der Waals surface area contributed by atoms with Crippen LogP contribution >= 0.6 is 11.6 Å². The van der Waals surface area contributed by atoms with E-state index < -0.39 is 52.3 Å². The molecule has 3 aromatic carbocycles. The Morgan fingerprint density at radius 3 is 2.23 bits per heavy atom. The van der Waals surface area contributed by atoms with E-state index in [-0.39, 0.29) is 6.54 Å². The molecule has 0 aliphatic carbocycles. The quantitative estimate of drug-likeness (QED) is 0.403. The highest BCUT2D eigenvalue weighted by atomic mass is 35.5. The average molecular weight is 506 g/mol. The molecule has 2 atom stereocenters. The smallest absolute Gasteiger partial charge is 0.359 e. The minimum Gasteiger partial charge on any atom is -0.462 e. The Morgan fingerprint density at radius 2 is 1.63 bits per heavy atom. The van der Waals surface area contributed by atoms with Gasteiger partial charge in [-0.05, 0) is 30.2 Å². The van der Waals surface area contributed by atoms with Crippen LogP contribution in [0.5, 0.6) is 0 Å². The molecule has 0 aromatic heterocycles. The van der Waals surface area contributed by atoms with Gasteiger partial charge in [0.15, 0.2) is 5.60 Å². The Labute approximate surface area is 205 Å². The standard InChI is InChI=1S/C26H23ClF3NO4/c1-17(19-10-6-3-7-11-19)23(32)35-16-25(34,21-13-12-20(28)14-22(21)27)26(29,30)24(33)31-15-18-8-4-2-5-9-18/h2-14,17,34H,15-16H2,1H3,(H,31,33)/t17-,25?/m0/s1. The van der Waals surface area contributed by atoms with Crippen LogP contribution in [-0.4, -0.2) is 29.5 Å². The Bertz CT molecular complexity index is 1180. The number of carbonyl (C=O) groups is 2. The van der Waals surface area contributed by atoms with Gasteiger partial charge < -0.3 is 15.2 Å². The Balaban J connectivity index is 1.88. The van der Waals surface area contributed by atoms with Gasteiger partial charge in [-0.25, -0.2) is 4.39 Å². The van der Waals surface area contributed by atoms with Gasteiger partial charge in [-0.1, -0.05) is 78.3 Å². The van der Waals surface area contributed by atoms with Gasteiger partial charge in [0.25, 0.3) is 5.91 Å². The van der Waals surface area contributed by atoms with Crippen LogP contribution in [-0.2, 0) is 26.5 Å². The summed E-state index contributed by atoms with van der Waals surface area (Å²) in [4.78, 5) is 25.2. The van der Waals surface area contributed by atoms with Crippen molar-refractivity contribution in [2.75, 3.05) is 6.61 Å². The molecule has 0 saturated heterocycles. The maximum Gasteiger partial charge on any atom is 0.359 e. The van der Waals surface area contributed by atoms with E-state index in [2.05, 4.69) is 5.32 Å². The molecule has 2 N–H and O–H groups in total. The van der Waals surface area contributed by atoms with Crippen molar-refractivity contribution in [1.82, 2.24) is 5.32 Å². The number of hydrogen-bond donors (Lipinski definition) is 2. The molecule has 0 spiro atoms. The Kier molecular flexibility index (Phi) is 8.19. The monoisotopic (exact) mass is 505 g/mol. The summed E-state index contributed by atoms with van der Waals surface area (Å²) in [5.41, 5.74) is -2.94. The lowest BCUT2D eigenvalue weighted by Crippen LogP contribution is -2.57. The van der Waals surface area contributed by atoms with E-state index in [0.717, 1.165) is 12.1 Å². The largest absolute Gasteiger partial charge is 0.462 e. The average Bonchev–Trinajstić information content (AvgIpc) is 2.86. The fourth-order valence-corrected chi connectivity index (χ4v) is 3.74. The van der Waals surface area contributed by atoms with Crippen LogP contribution in [0.15, 0.2) is 78.9 Å². The Morgan fingerprint density at radius 1 is 1.03 bits per heavy atom. The van der Waals surface area contributed by atoms with Gasteiger partial charge in [-0.2, -0.15) is 8.78 Å². The molecule has 0 radical (unpaired) electrons. The summed E-state index contributed by atoms with van der Waals surface area (Å²) < 4.78 is 49.7. The third-order valence-electron chi connectivity index (χ3n) is 5.55. The SMILES string of the molecule is C[C@H](C(=O)OCC(O)(c1ccc(F)cc1Cl)C(F)(F)C(=O)NCc1ccccc1)c1ccccc1. The molecule has 0 aliphatic rings. The van der Waals surface area contributed by atoms with E-state index in [9.17, 15) is 19.1 Å². The molecular weight excluding hydrogens is 483 g/mol. The minimum atomic E-state index is -4.51. The molecule has 0 aliphatic heterocycles. The summed E-state index contributed by atoms with van der Waals surface area (Å²) in [5.74, 6) is -8.93. The number of ether oxygens (including phenoxy) is 1. The zero-order valence-corrected chi connectivity index (χ0v) is 19.4. The number of nitrogens with one attached hydrogen (secondary N) is 1. The molecule has 3 rings (SSSR count). The van der Waals surface area contributed by atoms with Crippen LogP contribution in [0.4, 0.5) is 13.2 Å². The topological polar surface area (TPSA) is 75.6 Å². The number of rotatable bonds is 9. The van der Waals surface area contributed by atoms with Crippen molar-refractivity contribution in [3.63, 3.8) is 0 Å². The van der Waals surface area contributed by atoms with Gasteiger partial charge in [0.1, 0.15) is 12.4 Å². The third-order valence-corrected chi connectivity index (χ3v) is 5.87. The first kappa shape index (κ1) is 26.2. The molecule has 0 saturated carbocycles. The van der Waals surface area contributed by atoms with E-state index >= 15 is 8.78 Å². The second-order valence-electron chi connectivity index (χ2n) is 7.97. The van der Waals surface area contributed by atoms with Crippen molar-refractivity contribution in [3.8, 4) is 0 Å². The molecule has 5 nitrogen and oxygen atoms in total. The molecular formula is C26H23ClF3NO4. The van der Waals surface area contributed by atoms with Gasteiger partial charge >= 0.3 is 11.9 Å². The highest BCUT2D eigenvalue weighted by Crippen LogP contribution is 2.42. The van der Waals surface area contributed by atoms with Crippen LogP contribution in [0.25, 0.3) is 0 Å². The normalized spacial score (nSPS) is 14.0. The zero-order valence-electron chi connectivity index (χ0n) is 18.7. The van der Waals surface area contributed by atoms with Crippen LogP contribution in [0, 0.1) is 5.82 Å². The predicted molar refractivity (Wildman–Crippen MR) is 124 cm³/mol. The van der Waals surface area contributed by atoms with E-state index in [1.54, 1.807) is 60.7 Å². The summed E-state index contributed by atoms with van der Waals surface area (Å²) in [6.07, 6.45) is 0. The van der Waals surface area contributed by atoms with Crippen LogP contribution < -0.4 is 5.32 Å². The molecule has 0 heterocycles. The summed E-state index contributed by atoms with van der Waals surface area (Å²) in [6, 6.07) is 19.1. The van der Waals surface area contributed by atoms with E-state index in [0.29, 0.717) is 17.2 Å². The predicted octanol–water partition coefficient (Wildman–Crippen LogP) is 4.97. The first-order chi connectivity index (χ1) is 16.6. The maximum absolute atomic E-state index is 15.5. The van der Waals surface area contributed by atoms with Crippen LogP contribution in [0.3, 0.4) is 0 Å². The summed E-state index contributed by atoms with van der Waals surface area (Å²) >= 11 is 5.97. The second-order valence-corrected chi connectivity index (χ2v) is 8.37. The van der Waals surface area contributed by atoms with Crippen molar-refractivity contribution in [1.29, 1.82) is 0 Å². The highest BCUT2D eigenvalue weighted by molar-refractivity contribution is 6.31. The number of halogens is 4. The fourth-order valence-electron chi connectivity index (χ4n) is 3.42. The van der Waals surface area contributed by atoms with Gasteiger partial charge in [0, 0.05) is 17.1 Å². The van der Waals surface area contributed by atoms with Gasteiger partial charge in [0.05, 0.1) is 5.92 Å². The number of hydrogen-bond acceptors (Lipinski definition) is 4. The van der Waals surface area contributed by atoms with Crippen molar-refractivity contribution in [2.24, 2.45) is 0 Å². The first-order valence-electron chi connectivity index (χ1n) is 10.7. The fraction of sp³-hybridized carbons (Fsp3) is 0.231. The maximum atomic E-state index is 15.5. The lowest BCUT2D eigenvalue weighted by molar-refractivity contribution is -0.214. The minimum absolute atomic E-state index is 0.243. The molecule has 1 amide bonds. The van der Waals surface area contributed by atoms with Gasteiger partial charge in [0.2, 0.25) is 0 Å². The molecule has 0 fully saturated rings. The third kappa shape index (κ3) is 5.83. The second kappa shape index (κ2) is 10.9. The molecule has 9 heteroatoms. The Hall–Kier alpha value is -3.36. The van der Waals surface area contributed by atoms with Crippen LogP contribution in [0.2, 0.25) is 5.02 Å². The van der Waals surface area contributed by atoms with Crippen molar-refractivity contribution < 1.29 is 32.6 Å². The molecule has 1 unspecified atom stereocenters. The van der Waals surface area contributed by atoms with E-state index in [1.165, 1.54) is 6.92 Å². The molecule has 184 valence electrons. The lowest BCUT2D eigenvalue weighted by Gasteiger charge is -2.35. The molecule has 0 bridgehead atoms. The number of esters is 1. The lowest BCUT2D eigenvalue weighted by atomic mass is 9.87. The number of alkyl halides is 2. The zero-order chi connectivity index (χ0) is 25.6. The van der Waals surface area contributed by atoms with Crippen LogP contribution in [0.1, 0.15) is 29.5 Å². The number of carbonyl (C=O) groups excluding carboxylic acids is 2. The van der Waals surface area contributed by atoms with Crippen molar-refractivity contribution >= 4 is 23.5 Å². The van der Waals surface area contributed by atoms with Crippen molar-refractivity contribution in [3.05, 3.63) is 106 Å². The summed E-state index contributed by atoms with van der Waals surface area (Å²) in [6.45, 7) is -0.0419. The number of benzene rings is 3. The van der Waals surface area contributed by atoms with Gasteiger partial charge in [-0.3, -0.25) is 9.59 Å². The number of amides is 1. The molecule has 3 aromatic rings. The van der Waals surface area contributed by atoms with E-state index in [4.69, 9.17) is 16.3 Å². The highest BCUT2D eigenvalue weighted by Gasteiger charge is 2.61. The number of aliphatic hydroxyl groups is 1. The van der Waals surface area contributed by atoms with E-state index in [1.807, 2.05) is 0 Å². The summed E-state index contributed by atoms with van der Waals surface area (Å²) in [5, 5.41) is 12.7. The first-order valence-corrected chi connectivity index (χ1v) is 11.0. The van der Waals surface area contributed by atoms with Gasteiger partial charge in [-0.15, -0.1) is 0 Å². The summed E-state index contributed by atoms with van der Waals surface area (Å²) in [7, 11) is 0. The molecule has 35 heavy (non-hydrogen) atoms. The van der Waals surface area contributed by atoms with Crippen molar-refractivity contribution in [2.45, 2.75) is 30.9 Å².